The number of benzene rings is 2. The molecule has 2 aromatic carbocycles. The van der Waals surface area contributed by atoms with Crippen molar-refractivity contribution in [2.24, 2.45) is 0 Å². The number of carbonyl (C=O) groups is 2. The molecule has 9 heteroatoms. The van der Waals surface area contributed by atoms with Crippen LogP contribution in [0.25, 0.3) is 0 Å². The maximum atomic E-state index is 13.4. The Kier molecular flexibility index (Phi) is 9.89. The number of carbonyl (C=O) groups excluding carboxylic acids is 2. The van der Waals surface area contributed by atoms with Gasteiger partial charge in [0.15, 0.2) is 6.61 Å². The summed E-state index contributed by atoms with van der Waals surface area (Å²) in [6.07, 6.45) is 0.409. The first-order valence-corrected chi connectivity index (χ1v) is 11.6. The van der Waals surface area contributed by atoms with Crippen LogP contribution >= 0.6 is 23.2 Å². The van der Waals surface area contributed by atoms with E-state index in [0.717, 1.165) is 0 Å². The number of ether oxygens (including phenoxy) is 3. The van der Waals surface area contributed by atoms with Gasteiger partial charge in [-0.05, 0) is 44.9 Å². The number of amides is 2. The molecule has 0 radical (unpaired) electrons. The Morgan fingerprint density at radius 1 is 1.00 bits per heavy atom. The van der Waals surface area contributed by atoms with E-state index in [1.807, 2.05) is 27.7 Å². The van der Waals surface area contributed by atoms with Gasteiger partial charge in [0.25, 0.3) is 5.91 Å². The van der Waals surface area contributed by atoms with Crippen LogP contribution in [0.1, 0.15) is 39.7 Å². The molecule has 1 N–H and O–H groups in total. The SMILES string of the molecule is CCC(C(=O)NC(C)(C)C)N(Cc1ccc(Cl)cc1Cl)C(=O)COc1cc(OC)cc(OC)c1. The molecule has 0 aliphatic heterocycles. The summed E-state index contributed by atoms with van der Waals surface area (Å²) in [7, 11) is 3.06. The molecule has 7 nitrogen and oxygen atoms in total. The predicted octanol–water partition coefficient (Wildman–Crippen LogP) is 5.11. The minimum absolute atomic E-state index is 0.121. The smallest absolute Gasteiger partial charge is 0.261 e. The molecule has 0 fully saturated rings. The van der Waals surface area contributed by atoms with Crippen LogP contribution in [0.2, 0.25) is 10.0 Å². The monoisotopic (exact) mass is 510 g/mol. The second-order valence-electron chi connectivity index (χ2n) is 8.76. The van der Waals surface area contributed by atoms with E-state index >= 15 is 0 Å². The number of hydrogen-bond donors (Lipinski definition) is 1. The van der Waals surface area contributed by atoms with Gasteiger partial charge in [-0.2, -0.15) is 0 Å². The van der Waals surface area contributed by atoms with Gasteiger partial charge >= 0.3 is 0 Å². The molecule has 0 heterocycles. The third kappa shape index (κ3) is 7.99. The lowest BCUT2D eigenvalue weighted by Crippen LogP contribution is -2.54. The molecule has 0 saturated heterocycles. The number of halogens is 2. The van der Waals surface area contributed by atoms with E-state index in [1.54, 1.807) is 36.4 Å². The molecule has 186 valence electrons. The fourth-order valence-electron chi connectivity index (χ4n) is 3.30. The summed E-state index contributed by atoms with van der Waals surface area (Å²) >= 11 is 12.4. The lowest BCUT2D eigenvalue weighted by molar-refractivity contribution is -0.143. The summed E-state index contributed by atoms with van der Waals surface area (Å²) in [5.74, 6) is 0.839. The summed E-state index contributed by atoms with van der Waals surface area (Å²) in [6.45, 7) is 7.35. The van der Waals surface area contributed by atoms with Gasteiger partial charge in [0.1, 0.15) is 23.3 Å². The van der Waals surface area contributed by atoms with Gasteiger partial charge in [-0.15, -0.1) is 0 Å². The first-order valence-electron chi connectivity index (χ1n) is 10.9. The third-order valence-electron chi connectivity index (χ3n) is 4.93. The summed E-state index contributed by atoms with van der Waals surface area (Å²) in [6, 6.07) is 9.33. The van der Waals surface area contributed by atoms with E-state index in [2.05, 4.69) is 5.32 Å². The molecule has 0 saturated carbocycles. The highest BCUT2D eigenvalue weighted by molar-refractivity contribution is 6.35. The maximum absolute atomic E-state index is 13.4. The van der Waals surface area contributed by atoms with Gasteiger partial charge in [-0.3, -0.25) is 9.59 Å². The van der Waals surface area contributed by atoms with E-state index in [1.165, 1.54) is 19.1 Å². The van der Waals surface area contributed by atoms with Crippen LogP contribution in [-0.4, -0.2) is 49.1 Å². The van der Waals surface area contributed by atoms with Crippen molar-refractivity contribution in [1.82, 2.24) is 10.2 Å². The number of rotatable bonds is 10. The molecule has 2 rings (SSSR count). The highest BCUT2D eigenvalue weighted by Gasteiger charge is 2.31. The molecule has 0 bridgehead atoms. The highest BCUT2D eigenvalue weighted by atomic mass is 35.5. The molecule has 2 aromatic rings. The fraction of sp³-hybridized carbons (Fsp3) is 0.440. The quantitative estimate of drug-likeness (QED) is 0.480. The minimum Gasteiger partial charge on any atom is -0.496 e. The van der Waals surface area contributed by atoms with Gasteiger partial charge < -0.3 is 24.4 Å². The molecule has 1 unspecified atom stereocenters. The van der Waals surface area contributed by atoms with E-state index in [4.69, 9.17) is 37.4 Å². The topological polar surface area (TPSA) is 77.1 Å². The first-order chi connectivity index (χ1) is 16.0. The van der Waals surface area contributed by atoms with Crippen molar-refractivity contribution in [1.29, 1.82) is 0 Å². The Morgan fingerprint density at radius 2 is 1.59 bits per heavy atom. The third-order valence-corrected chi connectivity index (χ3v) is 5.51. The Morgan fingerprint density at radius 3 is 2.09 bits per heavy atom. The van der Waals surface area contributed by atoms with Crippen molar-refractivity contribution < 1.29 is 23.8 Å². The van der Waals surface area contributed by atoms with Gasteiger partial charge in [-0.1, -0.05) is 36.2 Å². The highest BCUT2D eigenvalue weighted by Crippen LogP contribution is 2.28. The van der Waals surface area contributed by atoms with Crippen LogP contribution in [0.4, 0.5) is 0 Å². The maximum Gasteiger partial charge on any atom is 0.261 e. The Hall–Kier alpha value is -2.64. The van der Waals surface area contributed by atoms with E-state index < -0.39 is 11.6 Å². The largest absolute Gasteiger partial charge is 0.496 e. The molecule has 0 aliphatic carbocycles. The molecule has 0 aliphatic rings. The van der Waals surface area contributed by atoms with Crippen LogP contribution in [0.15, 0.2) is 36.4 Å². The van der Waals surface area contributed by atoms with E-state index in [-0.39, 0.29) is 25.0 Å². The van der Waals surface area contributed by atoms with Crippen molar-refractivity contribution >= 4 is 35.0 Å². The van der Waals surface area contributed by atoms with Crippen LogP contribution in [0.3, 0.4) is 0 Å². The van der Waals surface area contributed by atoms with Crippen molar-refractivity contribution in [2.75, 3.05) is 20.8 Å². The standard InChI is InChI=1S/C25H32Cl2N2O5/c1-7-22(24(31)28-25(2,3)4)29(14-16-8-9-17(26)10-21(16)27)23(30)15-34-20-12-18(32-5)11-19(13-20)33-6/h8-13,22H,7,14-15H2,1-6H3,(H,28,31). The van der Waals surface area contributed by atoms with E-state index in [0.29, 0.717) is 39.3 Å². The predicted molar refractivity (Wildman–Crippen MR) is 134 cm³/mol. The molecule has 0 aromatic heterocycles. The average Bonchev–Trinajstić information content (AvgIpc) is 2.77. The van der Waals surface area contributed by atoms with Gasteiger partial charge in [-0.25, -0.2) is 0 Å². The van der Waals surface area contributed by atoms with Gasteiger partial charge in [0.05, 0.1) is 14.2 Å². The van der Waals surface area contributed by atoms with Gasteiger partial charge in [0, 0.05) is 40.3 Å². The summed E-state index contributed by atoms with van der Waals surface area (Å²) in [5.41, 5.74) is 0.217. The Balaban J connectivity index is 2.31. The minimum atomic E-state index is -0.720. The molecule has 1 atom stereocenters. The van der Waals surface area contributed by atoms with Crippen molar-refractivity contribution in [3.8, 4) is 17.2 Å². The second kappa shape index (κ2) is 12.2. The lowest BCUT2D eigenvalue weighted by atomic mass is 10.1. The van der Waals surface area contributed by atoms with Crippen LogP contribution in [-0.2, 0) is 16.1 Å². The number of hydrogen-bond acceptors (Lipinski definition) is 5. The number of methoxy groups -OCH3 is 2. The molecular weight excluding hydrogens is 479 g/mol. The molecular formula is C25H32Cl2N2O5. The average molecular weight is 511 g/mol. The summed E-state index contributed by atoms with van der Waals surface area (Å²) in [5, 5.41) is 3.86. The van der Waals surface area contributed by atoms with Crippen molar-refractivity contribution in [3.05, 3.63) is 52.0 Å². The van der Waals surface area contributed by atoms with Crippen LogP contribution < -0.4 is 19.5 Å². The number of nitrogens with zero attached hydrogens (tertiary/aromatic N) is 1. The zero-order valence-electron chi connectivity index (χ0n) is 20.4. The zero-order chi connectivity index (χ0) is 25.5. The second-order valence-corrected chi connectivity index (χ2v) is 9.60. The summed E-state index contributed by atoms with van der Waals surface area (Å²) < 4.78 is 16.3. The Bertz CT molecular complexity index is 985. The molecule has 2 amide bonds. The fourth-order valence-corrected chi connectivity index (χ4v) is 3.77. The molecule has 0 spiro atoms. The van der Waals surface area contributed by atoms with Crippen molar-refractivity contribution in [3.63, 3.8) is 0 Å². The van der Waals surface area contributed by atoms with Crippen LogP contribution in [0.5, 0.6) is 17.2 Å². The van der Waals surface area contributed by atoms with Crippen molar-refractivity contribution in [2.45, 2.75) is 52.2 Å². The normalized spacial score (nSPS) is 12.0. The van der Waals surface area contributed by atoms with E-state index in [9.17, 15) is 9.59 Å². The lowest BCUT2D eigenvalue weighted by Gasteiger charge is -2.33. The first kappa shape index (κ1) is 27.6. The summed E-state index contributed by atoms with van der Waals surface area (Å²) in [4.78, 5) is 27.9. The Labute approximate surface area is 211 Å². The number of nitrogens with one attached hydrogen (secondary N) is 1. The van der Waals surface area contributed by atoms with Crippen LogP contribution in [0, 0.1) is 0 Å². The zero-order valence-corrected chi connectivity index (χ0v) is 21.9. The van der Waals surface area contributed by atoms with Gasteiger partial charge in [0.2, 0.25) is 5.91 Å². The molecule has 34 heavy (non-hydrogen) atoms.